The van der Waals surface area contributed by atoms with Gasteiger partial charge in [-0.1, -0.05) is 6.07 Å². The van der Waals surface area contributed by atoms with Gasteiger partial charge in [0.05, 0.1) is 13.0 Å². The summed E-state index contributed by atoms with van der Waals surface area (Å²) in [6, 6.07) is 7.20. The van der Waals surface area contributed by atoms with Crippen LogP contribution in [0.2, 0.25) is 0 Å². The number of carboxylic acids is 1. The minimum atomic E-state index is -0.768. The molecule has 1 aliphatic rings. The highest BCUT2D eigenvalue weighted by Crippen LogP contribution is 2.37. The van der Waals surface area contributed by atoms with Crippen molar-refractivity contribution in [3.05, 3.63) is 24.3 Å². The van der Waals surface area contributed by atoms with Crippen LogP contribution in [-0.2, 0) is 4.79 Å². The fraction of sp³-hybridized carbons (Fsp3) is 0.462. The van der Waals surface area contributed by atoms with Gasteiger partial charge in [0, 0.05) is 6.07 Å². The molecule has 0 heterocycles. The molecule has 2 rings (SSSR count). The number of carbonyl (C=O) groups is 1. The highest BCUT2D eigenvalue weighted by atomic mass is 16.5. The van der Waals surface area contributed by atoms with E-state index in [1.807, 2.05) is 12.1 Å². The van der Waals surface area contributed by atoms with E-state index in [0.29, 0.717) is 11.5 Å². The average Bonchev–Trinajstić information content (AvgIpc) is 3.13. The van der Waals surface area contributed by atoms with Gasteiger partial charge in [0.15, 0.2) is 0 Å². The van der Waals surface area contributed by atoms with Crippen molar-refractivity contribution in [3.8, 4) is 11.5 Å². The maximum atomic E-state index is 11.0. The Morgan fingerprint density at radius 2 is 2.18 bits per heavy atom. The SMILES string of the molecule is COc1cccc(OCC(C(=O)O)C2CC2)c1. The molecule has 1 fully saturated rings. The number of benzene rings is 1. The zero-order valence-electron chi connectivity index (χ0n) is 9.76. The average molecular weight is 236 g/mol. The van der Waals surface area contributed by atoms with Crippen molar-refractivity contribution in [2.75, 3.05) is 13.7 Å². The molecule has 0 amide bonds. The van der Waals surface area contributed by atoms with Gasteiger partial charge in [0.2, 0.25) is 0 Å². The van der Waals surface area contributed by atoms with Crippen LogP contribution in [0.4, 0.5) is 0 Å². The molecule has 4 heteroatoms. The monoisotopic (exact) mass is 236 g/mol. The maximum Gasteiger partial charge on any atom is 0.310 e. The van der Waals surface area contributed by atoms with Gasteiger partial charge in [0.25, 0.3) is 0 Å². The Morgan fingerprint density at radius 1 is 1.47 bits per heavy atom. The Kier molecular flexibility index (Phi) is 3.52. The molecule has 17 heavy (non-hydrogen) atoms. The first-order valence-corrected chi connectivity index (χ1v) is 5.70. The van der Waals surface area contributed by atoms with E-state index in [2.05, 4.69) is 0 Å². The van der Waals surface area contributed by atoms with Gasteiger partial charge in [-0.25, -0.2) is 0 Å². The van der Waals surface area contributed by atoms with Crippen molar-refractivity contribution >= 4 is 5.97 Å². The molecule has 1 aromatic carbocycles. The second-order valence-corrected chi connectivity index (χ2v) is 4.27. The molecule has 0 aromatic heterocycles. The predicted molar refractivity (Wildman–Crippen MR) is 62.3 cm³/mol. The number of carboxylic acid groups (broad SMARTS) is 1. The molecule has 0 bridgehead atoms. The zero-order valence-corrected chi connectivity index (χ0v) is 9.76. The Hall–Kier alpha value is -1.71. The summed E-state index contributed by atoms with van der Waals surface area (Å²) in [5.74, 6) is 0.492. The van der Waals surface area contributed by atoms with Crippen molar-refractivity contribution in [2.45, 2.75) is 12.8 Å². The summed E-state index contributed by atoms with van der Waals surface area (Å²) in [5, 5.41) is 9.06. The van der Waals surface area contributed by atoms with E-state index in [-0.39, 0.29) is 18.4 Å². The zero-order chi connectivity index (χ0) is 12.3. The molecule has 1 unspecified atom stereocenters. The van der Waals surface area contributed by atoms with Crippen LogP contribution in [-0.4, -0.2) is 24.8 Å². The minimum absolute atomic E-state index is 0.229. The summed E-state index contributed by atoms with van der Waals surface area (Å²) >= 11 is 0. The number of methoxy groups -OCH3 is 1. The van der Waals surface area contributed by atoms with Crippen molar-refractivity contribution in [1.82, 2.24) is 0 Å². The number of rotatable bonds is 6. The van der Waals surface area contributed by atoms with Crippen LogP contribution in [0.3, 0.4) is 0 Å². The van der Waals surface area contributed by atoms with Gasteiger partial charge < -0.3 is 14.6 Å². The maximum absolute atomic E-state index is 11.0. The number of aliphatic carboxylic acids is 1. The first kappa shape index (κ1) is 11.8. The summed E-state index contributed by atoms with van der Waals surface area (Å²) in [7, 11) is 1.59. The van der Waals surface area contributed by atoms with Crippen LogP contribution in [0, 0.1) is 11.8 Å². The lowest BCUT2D eigenvalue weighted by atomic mass is 10.1. The molecule has 92 valence electrons. The van der Waals surface area contributed by atoms with Crippen LogP contribution in [0.15, 0.2) is 24.3 Å². The summed E-state index contributed by atoms with van der Waals surface area (Å²) in [5.41, 5.74) is 0. The molecule has 1 saturated carbocycles. The van der Waals surface area contributed by atoms with Gasteiger partial charge in [-0.05, 0) is 30.9 Å². The van der Waals surface area contributed by atoms with Crippen molar-refractivity contribution in [1.29, 1.82) is 0 Å². The van der Waals surface area contributed by atoms with Crippen LogP contribution >= 0.6 is 0 Å². The fourth-order valence-electron chi connectivity index (χ4n) is 1.78. The Morgan fingerprint density at radius 3 is 2.76 bits per heavy atom. The molecule has 0 spiro atoms. The van der Waals surface area contributed by atoms with E-state index in [1.54, 1.807) is 19.2 Å². The smallest absolute Gasteiger partial charge is 0.310 e. The van der Waals surface area contributed by atoms with E-state index in [0.717, 1.165) is 12.8 Å². The molecule has 0 aliphatic heterocycles. The standard InChI is InChI=1S/C13H16O4/c1-16-10-3-2-4-11(7-10)17-8-12(13(14)15)9-5-6-9/h2-4,7,9,12H,5-6,8H2,1H3,(H,14,15). The summed E-state index contributed by atoms with van der Waals surface area (Å²) < 4.78 is 10.6. The molecule has 0 radical (unpaired) electrons. The lowest BCUT2D eigenvalue weighted by Gasteiger charge is -2.13. The Balaban J connectivity index is 1.93. The highest BCUT2D eigenvalue weighted by molar-refractivity contribution is 5.71. The molecule has 1 atom stereocenters. The molecular formula is C13H16O4. The Bertz CT molecular complexity index is 398. The second kappa shape index (κ2) is 5.08. The summed E-state index contributed by atoms with van der Waals surface area (Å²) in [4.78, 5) is 11.0. The van der Waals surface area contributed by atoms with Crippen LogP contribution in [0.25, 0.3) is 0 Å². The molecule has 1 N–H and O–H groups in total. The van der Waals surface area contributed by atoms with Crippen LogP contribution in [0.1, 0.15) is 12.8 Å². The minimum Gasteiger partial charge on any atom is -0.497 e. The topological polar surface area (TPSA) is 55.8 Å². The van der Waals surface area contributed by atoms with Gasteiger partial charge in [-0.2, -0.15) is 0 Å². The third kappa shape index (κ3) is 3.12. The predicted octanol–water partition coefficient (Wildman–Crippen LogP) is 2.18. The summed E-state index contributed by atoms with van der Waals surface area (Å²) in [6.45, 7) is 0.229. The molecular weight excluding hydrogens is 220 g/mol. The van der Waals surface area contributed by atoms with Gasteiger partial charge in [-0.3, -0.25) is 4.79 Å². The quantitative estimate of drug-likeness (QED) is 0.822. The van der Waals surface area contributed by atoms with Crippen LogP contribution in [0.5, 0.6) is 11.5 Å². The van der Waals surface area contributed by atoms with Gasteiger partial charge in [0.1, 0.15) is 18.1 Å². The molecule has 4 nitrogen and oxygen atoms in total. The van der Waals surface area contributed by atoms with Crippen molar-refractivity contribution in [3.63, 3.8) is 0 Å². The van der Waals surface area contributed by atoms with Crippen LogP contribution < -0.4 is 9.47 Å². The lowest BCUT2D eigenvalue weighted by Crippen LogP contribution is -2.23. The third-order valence-electron chi connectivity index (χ3n) is 2.98. The number of hydrogen-bond donors (Lipinski definition) is 1. The van der Waals surface area contributed by atoms with E-state index in [9.17, 15) is 4.79 Å². The van der Waals surface area contributed by atoms with Gasteiger partial charge >= 0.3 is 5.97 Å². The first-order valence-electron chi connectivity index (χ1n) is 5.70. The molecule has 0 saturated heterocycles. The highest BCUT2D eigenvalue weighted by Gasteiger charge is 2.36. The number of ether oxygens (including phenoxy) is 2. The second-order valence-electron chi connectivity index (χ2n) is 4.27. The summed E-state index contributed by atoms with van der Waals surface area (Å²) in [6.07, 6.45) is 2.00. The van der Waals surface area contributed by atoms with E-state index in [4.69, 9.17) is 14.6 Å². The van der Waals surface area contributed by atoms with E-state index >= 15 is 0 Å². The first-order chi connectivity index (χ1) is 8.20. The van der Waals surface area contributed by atoms with E-state index in [1.165, 1.54) is 0 Å². The number of hydrogen-bond acceptors (Lipinski definition) is 3. The molecule has 1 aliphatic carbocycles. The van der Waals surface area contributed by atoms with Crippen molar-refractivity contribution < 1.29 is 19.4 Å². The third-order valence-corrected chi connectivity index (χ3v) is 2.98. The van der Waals surface area contributed by atoms with E-state index < -0.39 is 5.97 Å². The normalized spacial score (nSPS) is 16.3. The van der Waals surface area contributed by atoms with Gasteiger partial charge in [-0.15, -0.1) is 0 Å². The fourth-order valence-corrected chi connectivity index (χ4v) is 1.78. The Labute approximate surface area is 100 Å². The molecule has 1 aromatic rings. The largest absolute Gasteiger partial charge is 0.497 e. The lowest BCUT2D eigenvalue weighted by molar-refractivity contribution is -0.143. The van der Waals surface area contributed by atoms with Crippen molar-refractivity contribution in [2.24, 2.45) is 11.8 Å².